The molecule has 0 aromatic heterocycles. The predicted molar refractivity (Wildman–Crippen MR) is 87.8 cm³/mol. The molecule has 6 heteroatoms. The number of hydrogen-bond acceptors (Lipinski definition) is 4. The molecule has 0 radical (unpaired) electrons. The molecule has 0 heterocycles. The summed E-state index contributed by atoms with van der Waals surface area (Å²) >= 11 is 0. The Balaban J connectivity index is 2.21. The molecule has 1 aromatic rings. The fourth-order valence-corrected chi connectivity index (χ4v) is 2.67. The highest BCUT2D eigenvalue weighted by atomic mass is 16.6. The number of rotatable bonds is 6. The van der Waals surface area contributed by atoms with Crippen LogP contribution in [0.25, 0.3) is 0 Å². The molecule has 2 rings (SSSR count). The van der Waals surface area contributed by atoms with Gasteiger partial charge in [0.2, 0.25) is 0 Å². The minimum atomic E-state index is -0.496. The van der Waals surface area contributed by atoms with E-state index in [2.05, 4.69) is 5.32 Å². The molecule has 0 saturated heterocycles. The number of nitrogens with zero attached hydrogens (tertiary/aromatic N) is 1. The van der Waals surface area contributed by atoms with E-state index in [1.54, 1.807) is 0 Å². The van der Waals surface area contributed by atoms with Gasteiger partial charge in [0, 0.05) is 18.7 Å². The smallest absolute Gasteiger partial charge is 0.270 e. The molecule has 1 saturated carbocycles. The van der Waals surface area contributed by atoms with Crippen molar-refractivity contribution in [1.29, 1.82) is 0 Å². The zero-order valence-corrected chi connectivity index (χ0v) is 13.7. The zero-order chi connectivity index (χ0) is 16.8. The Morgan fingerprint density at radius 3 is 2.65 bits per heavy atom. The van der Waals surface area contributed by atoms with Crippen LogP contribution in [0.2, 0.25) is 0 Å². The molecule has 1 N–H and O–H groups in total. The second kappa shape index (κ2) is 7.94. The highest BCUT2D eigenvalue weighted by molar-refractivity contribution is 5.97. The molecule has 126 valence electrons. The minimum absolute atomic E-state index is 0.0851. The van der Waals surface area contributed by atoms with Gasteiger partial charge in [-0.15, -0.1) is 0 Å². The molecule has 1 aliphatic carbocycles. The number of carbonyl (C=O) groups excluding carboxylic acids is 1. The average Bonchev–Trinajstić information content (AvgIpc) is 2.53. The molecule has 0 aliphatic heterocycles. The van der Waals surface area contributed by atoms with Gasteiger partial charge in [0.1, 0.15) is 5.75 Å². The number of hydrogen-bond donors (Lipinski definition) is 1. The van der Waals surface area contributed by atoms with E-state index in [-0.39, 0.29) is 23.3 Å². The van der Waals surface area contributed by atoms with Gasteiger partial charge >= 0.3 is 0 Å². The molecule has 0 atom stereocenters. The molecule has 1 aliphatic rings. The Morgan fingerprint density at radius 1 is 1.35 bits per heavy atom. The summed E-state index contributed by atoms with van der Waals surface area (Å²) in [6.07, 6.45) is 5.46. The van der Waals surface area contributed by atoms with Crippen LogP contribution in [0.4, 0.5) is 5.69 Å². The van der Waals surface area contributed by atoms with Gasteiger partial charge in [0.15, 0.2) is 0 Å². The molecule has 0 spiro atoms. The van der Waals surface area contributed by atoms with Crippen molar-refractivity contribution in [3.63, 3.8) is 0 Å². The van der Waals surface area contributed by atoms with Crippen LogP contribution in [0, 0.1) is 16.0 Å². The lowest BCUT2D eigenvalue weighted by molar-refractivity contribution is -0.384. The second-order valence-corrected chi connectivity index (χ2v) is 6.42. The topological polar surface area (TPSA) is 81.5 Å². The first-order valence-corrected chi connectivity index (χ1v) is 8.20. The van der Waals surface area contributed by atoms with Crippen LogP contribution >= 0.6 is 0 Å². The largest absolute Gasteiger partial charge is 0.490 e. The van der Waals surface area contributed by atoms with Crippen LogP contribution < -0.4 is 10.1 Å². The molecule has 1 amide bonds. The van der Waals surface area contributed by atoms with E-state index in [0.717, 1.165) is 25.7 Å². The summed E-state index contributed by atoms with van der Waals surface area (Å²) in [6, 6.07) is 4.22. The van der Waals surface area contributed by atoms with Crippen LogP contribution in [0.1, 0.15) is 56.3 Å². The van der Waals surface area contributed by atoms with Gasteiger partial charge in [0.05, 0.1) is 16.6 Å². The summed E-state index contributed by atoms with van der Waals surface area (Å²) < 4.78 is 5.97. The number of ether oxygens (including phenoxy) is 1. The zero-order valence-electron chi connectivity index (χ0n) is 13.7. The summed E-state index contributed by atoms with van der Waals surface area (Å²) in [5.74, 6) is 0.414. The summed E-state index contributed by atoms with van der Waals surface area (Å²) in [7, 11) is 0. The molecular weight excluding hydrogens is 296 g/mol. The Bertz CT molecular complexity index is 566. The maximum absolute atomic E-state index is 12.4. The molecular formula is C17H24N2O4. The van der Waals surface area contributed by atoms with Crippen LogP contribution in [0.15, 0.2) is 18.2 Å². The van der Waals surface area contributed by atoms with E-state index in [9.17, 15) is 14.9 Å². The molecule has 0 unspecified atom stereocenters. The number of benzene rings is 1. The minimum Gasteiger partial charge on any atom is -0.490 e. The van der Waals surface area contributed by atoms with E-state index in [4.69, 9.17) is 4.74 Å². The number of nitrogens with one attached hydrogen (secondary N) is 1. The highest BCUT2D eigenvalue weighted by Gasteiger charge is 2.21. The van der Waals surface area contributed by atoms with Crippen molar-refractivity contribution in [2.24, 2.45) is 5.92 Å². The van der Waals surface area contributed by atoms with Gasteiger partial charge in [-0.1, -0.05) is 20.3 Å². The van der Waals surface area contributed by atoms with Gasteiger partial charge in [0.25, 0.3) is 11.6 Å². The molecule has 0 bridgehead atoms. The van der Waals surface area contributed by atoms with E-state index >= 15 is 0 Å². The Labute approximate surface area is 136 Å². The van der Waals surface area contributed by atoms with Crippen LogP contribution in [-0.2, 0) is 0 Å². The predicted octanol–water partition coefficient (Wildman–Crippen LogP) is 3.69. The number of non-ortho nitro benzene ring substituents is 1. The monoisotopic (exact) mass is 320 g/mol. The summed E-state index contributed by atoms with van der Waals surface area (Å²) in [5.41, 5.74) is 0.140. The van der Waals surface area contributed by atoms with Crippen LogP contribution in [0.5, 0.6) is 5.75 Å². The third-order valence-electron chi connectivity index (χ3n) is 3.94. The normalized spacial score (nSPS) is 15.4. The van der Waals surface area contributed by atoms with Crippen molar-refractivity contribution >= 4 is 11.6 Å². The molecule has 23 heavy (non-hydrogen) atoms. The Morgan fingerprint density at radius 2 is 2.04 bits per heavy atom. The fraction of sp³-hybridized carbons (Fsp3) is 0.588. The van der Waals surface area contributed by atoms with Gasteiger partial charge < -0.3 is 10.1 Å². The standard InChI is InChI=1S/C17H24N2O4/c1-12(2)11-18-17(20)15-10-13(19(21)22)8-9-16(15)23-14-6-4-3-5-7-14/h8-10,12,14H,3-7,11H2,1-2H3,(H,18,20). The Hall–Kier alpha value is -2.11. The van der Waals surface area contributed by atoms with Crippen molar-refractivity contribution in [3.05, 3.63) is 33.9 Å². The van der Waals surface area contributed by atoms with E-state index in [1.807, 2.05) is 13.8 Å². The maximum atomic E-state index is 12.4. The lowest BCUT2D eigenvalue weighted by Gasteiger charge is -2.24. The van der Waals surface area contributed by atoms with Crippen molar-refractivity contribution in [3.8, 4) is 5.75 Å². The van der Waals surface area contributed by atoms with Gasteiger partial charge in [-0.3, -0.25) is 14.9 Å². The SMILES string of the molecule is CC(C)CNC(=O)c1cc([N+](=O)[O-])ccc1OC1CCCCC1. The Kier molecular flexibility index (Phi) is 5.96. The molecule has 1 aromatic carbocycles. The molecule has 6 nitrogen and oxygen atoms in total. The lowest BCUT2D eigenvalue weighted by atomic mass is 9.97. The van der Waals surface area contributed by atoms with Gasteiger partial charge in [-0.25, -0.2) is 0 Å². The summed E-state index contributed by atoms with van der Waals surface area (Å²) in [4.78, 5) is 22.9. The number of nitro groups is 1. The van der Waals surface area contributed by atoms with Crippen LogP contribution in [-0.4, -0.2) is 23.5 Å². The molecule has 1 fully saturated rings. The highest BCUT2D eigenvalue weighted by Crippen LogP contribution is 2.28. The van der Waals surface area contributed by atoms with Crippen molar-refractivity contribution < 1.29 is 14.5 Å². The first-order chi connectivity index (χ1) is 11.0. The van der Waals surface area contributed by atoms with Crippen molar-refractivity contribution in [1.82, 2.24) is 5.32 Å². The van der Waals surface area contributed by atoms with E-state index < -0.39 is 4.92 Å². The third kappa shape index (κ3) is 4.94. The summed E-state index contributed by atoms with van der Waals surface area (Å²) in [6.45, 7) is 4.50. The van der Waals surface area contributed by atoms with Crippen LogP contribution in [0.3, 0.4) is 0 Å². The first kappa shape index (κ1) is 17.2. The van der Waals surface area contributed by atoms with Gasteiger partial charge in [-0.05, 0) is 37.7 Å². The van der Waals surface area contributed by atoms with E-state index in [0.29, 0.717) is 18.2 Å². The number of carbonyl (C=O) groups is 1. The fourth-order valence-electron chi connectivity index (χ4n) is 2.67. The maximum Gasteiger partial charge on any atom is 0.270 e. The van der Waals surface area contributed by atoms with E-state index in [1.165, 1.54) is 24.6 Å². The number of amides is 1. The average molecular weight is 320 g/mol. The second-order valence-electron chi connectivity index (χ2n) is 6.42. The van der Waals surface area contributed by atoms with Gasteiger partial charge in [-0.2, -0.15) is 0 Å². The quantitative estimate of drug-likeness (QED) is 0.640. The third-order valence-corrected chi connectivity index (χ3v) is 3.94. The number of nitro benzene ring substituents is 1. The first-order valence-electron chi connectivity index (χ1n) is 8.20. The van der Waals surface area contributed by atoms with Crippen molar-refractivity contribution in [2.75, 3.05) is 6.54 Å². The van der Waals surface area contributed by atoms with Crippen molar-refractivity contribution in [2.45, 2.75) is 52.1 Å². The lowest BCUT2D eigenvalue weighted by Crippen LogP contribution is -2.28. The summed E-state index contributed by atoms with van der Waals surface area (Å²) in [5, 5.41) is 13.8.